The molecule has 1 atom stereocenters. The molecule has 1 N–H and O–H groups in total. The summed E-state index contributed by atoms with van der Waals surface area (Å²) in [5.74, 6) is 0.563. The summed E-state index contributed by atoms with van der Waals surface area (Å²) in [4.78, 5) is 28.8. The van der Waals surface area contributed by atoms with Gasteiger partial charge in [0.05, 0.1) is 16.3 Å². The molecule has 1 saturated heterocycles. The zero-order valence-electron chi connectivity index (χ0n) is 17.1. The molecule has 0 bridgehead atoms. The molecule has 0 unspecified atom stereocenters. The number of nitrogens with zero attached hydrogens (tertiary/aromatic N) is 5. The fourth-order valence-corrected chi connectivity index (χ4v) is 4.78. The van der Waals surface area contributed by atoms with E-state index in [0.29, 0.717) is 24.6 Å². The second-order valence-corrected chi connectivity index (χ2v) is 8.62. The van der Waals surface area contributed by atoms with Gasteiger partial charge in [0.2, 0.25) is 0 Å². The zero-order valence-corrected chi connectivity index (χ0v) is 17.9. The molecule has 0 aliphatic carbocycles. The van der Waals surface area contributed by atoms with Gasteiger partial charge < -0.3 is 4.90 Å². The van der Waals surface area contributed by atoms with E-state index in [1.54, 1.807) is 29.0 Å². The molecule has 9 heteroatoms. The van der Waals surface area contributed by atoms with Crippen LogP contribution in [-0.2, 0) is 7.05 Å². The highest BCUT2D eigenvalue weighted by Gasteiger charge is 2.31. The number of carbonyl (C=O) groups is 1. The van der Waals surface area contributed by atoms with Gasteiger partial charge in [-0.3, -0.25) is 9.89 Å². The predicted octanol–water partition coefficient (Wildman–Crippen LogP) is 3.04. The summed E-state index contributed by atoms with van der Waals surface area (Å²) >= 11 is 1.60. The van der Waals surface area contributed by atoms with Crippen LogP contribution in [0.3, 0.4) is 0 Å². The zero-order chi connectivity index (χ0) is 21.4. The molecule has 158 valence electrons. The molecule has 1 aromatic carbocycles. The molecule has 0 radical (unpaired) electrons. The van der Waals surface area contributed by atoms with Gasteiger partial charge in [-0.15, -0.1) is 11.3 Å². The first-order chi connectivity index (χ1) is 15.1. The Labute approximate surface area is 182 Å². The van der Waals surface area contributed by atoms with E-state index in [1.807, 2.05) is 52.7 Å². The Hall–Kier alpha value is -3.46. The molecule has 4 aromatic rings. The van der Waals surface area contributed by atoms with Crippen molar-refractivity contribution in [3.63, 3.8) is 0 Å². The average Bonchev–Trinajstić information content (AvgIpc) is 3.55. The predicted molar refractivity (Wildman–Crippen MR) is 119 cm³/mol. The van der Waals surface area contributed by atoms with Crippen LogP contribution in [0.5, 0.6) is 0 Å². The summed E-state index contributed by atoms with van der Waals surface area (Å²) in [7, 11) is 1.66. The summed E-state index contributed by atoms with van der Waals surface area (Å²) in [5, 5.41) is 13.7. The van der Waals surface area contributed by atoms with Crippen LogP contribution in [0, 0.1) is 0 Å². The third-order valence-corrected chi connectivity index (χ3v) is 6.52. The van der Waals surface area contributed by atoms with Crippen LogP contribution in [0.4, 0.5) is 0 Å². The lowest BCUT2D eigenvalue weighted by atomic mass is 9.96. The van der Waals surface area contributed by atoms with E-state index in [2.05, 4.69) is 15.3 Å². The first-order valence-electron chi connectivity index (χ1n) is 10.2. The lowest BCUT2D eigenvalue weighted by Crippen LogP contribution is -2.40. The van der Waals surface area contributed by atoms with Crippen molar-refractivity contribution in [2.75, 3.05) is 13.1 Å². The van der Waals surface area contributed by atoms with Crippen LogP contribution >= 0.6 is 11.3 Å². The monoisotopic (exact) mass is 434 g/mol. The van der Waals surface area contributed by atoms with E-state index in [1.165, 1.54) is 4.68 Å². The molecule has 0 spiro atoms. The Bertz CT molecular complexity index is 1250. The first-order valence-corrected chi connectivity index (χ1v) is 11.1. The van der Waals surface area contributed by atoms with Gasteiger partial charge >= 0.3 is 5.69 Å². The van der Waals surface area contributed by atoms with Crippen LogP contribution in [0.2, 0.25) is 0 Å². The van der Waals surface area contributed by atoms with E-state index >= 15 is 0 Å². The van der Waals surface area contributed by atoms with Crippen molar-refractivity contribution in [3.8, 4) is 16.3 Å². The summed E-state index contributed by atoms with van der Waals surface area (Å²) < 4.78 is 3.02. The number of nitrogens with one attached hydrogen (secondary N) is 1. The molecular weight excluding hydrogens is 412 g/mol. The molecule has 4 heterocycles. The van der Waals surface area contributed by atoms with Gasteiger partial charge in [-0.25, -0.2) is 14.0 Å². The maximum Gasteiger partial charge on any atom is 0.350 e. The van der Waals surface area contributed by atoms with Crippen molar-refractivity contribution in [1.82, 2.24) is 29.4 Å². The van der Waals surface area contributed by atoms with Crippen LogP contribution in [0.25, 0.3) is 16.3 Å². The van der Waals surface area contributed by atoms with Gasteiger partial charge in [0.15, 0.2) is 5.69 Å². The fourth-order valence-electron chi connectivity index (χ4n) is 4.09. The minimum absolute atomic E-state index is 0.0254. The summed E-state index contributed by atoms with van der Waals surface area (Å²) in [6.45, 7) is 1.17. The van der Waals surface area contributed by atoms with Crippen LogP contribution in [-0.4, -0.2) is 48.4 Å². The molecule has 1 aliphatic heterocycles. The fraction of sp³-hybridized carbons (Fsp3) is 0.273. The van der Waals surface area contributed by atoms with Crippen molar-refractivity contribution in [3.05, 3.63) is 75.9 Å². The topological polar surface area (TPSA) is 88.8 Å². The van der Waals surface area contributed by atoms with Gasteiger partial charge in [0, 0.05) is 26.1 Å². The lowest BCUT2D eigenvalue weighted by molar-refractivity contribution is 0.0698. The summed E-state index contributed by atoms with van der Waals surface area (Å²) in [6, 6.07) is 15.3. The van der Waals surface area contributed by atoms with Crippen molar-refractivity contribution in [1.29, 1.82) is 0 Å². The number of hydrogen-bond donors (Lipinski definition) is 1. The number of hydrogen-bond acceptors (Lipinski definition) is 5. The molecule has 1 aliphatic rings. The standard InChI is InChI=1S/C22H22N6O2S/c1-26-22(30)28(16-8-3-2-4-9-16)20(25-26)15-7-5-11-27(14-15)21(29)18-13-17(23-24-18)19-10-6-12-31-19/h2-4,6,8-10,12-13,15H,5,7,11,14H2,1H3,(H,23,24)/t15-/m1/s1. The minimum atomic E-state index is -0.183. The number of thiophene rings is 1. The minimum Gasteiger partial charge on any atom is -0.337 e. The van der Waals surface area contributed by atoms with E-state index in [-0.39, 0.29) is 17.5 Å². The Balaban J connectivity index is 1.41. The Morgan fingerprint density at radius 2 is 2.03 bits per heavy atom. The normalized spacial score (nSPS) is 16.5. The Kier molecular flexibility index (Phi) is 5.03. The van der Waals surface area contributed by atoms with E-state index in [9.17, 15) is 9.59 Å². The molecule has 5 rings (SSSR count). The second-order valence-electron chi connectivity index (χ2n) is 7.67. The Morgan fingerprint density at radius 3 is 2.81 bits per heavy atom. The number of amides is 1. The van der Waals surface area contributed by atoms with Crippen LogP contribution < -0.4 is 5.69 Å². The molecular formula is C22H22N6O2S. The van der Waals surface area contributed by atoms with E-state index < -0.39 is 0 Å². The SMILES string of the molecule is Cn1nc([C@@H]2CCCN(C(=O)c3cc(-c4cccs4)[nH]n3)C2)n(-c2ccccc2)c1=O. The third-order valence-electron chi connectivity index (χ3n) is 5.62. The van der Waals surface area contributed by atoms with Crippen molar-refractivity contribution >= 4 is 17.2 Å². The number of aromatic amines is 1. The largest absolute Gasteiger partial charge is 0.350 e. The number of para-hydroxylation sites is 1. The van der Waals surface area contributed by atoms with Gasteiger partial charge in [-0.05, 0) is 42.5 Å². The molecule has 1 fully saturated rings. The van der Waals surface area contributed by atoms with Crippen molar-refractivity contribution < 1.29 is 4.79 Å². The number of H-pyrrole nitrogens is 1. The number of aromatic nitrogens is 5. The maximum absolute atomic E-state index is 13.1. The van der Waals surface area contributed by atoms with Crippen molar-refractivity contribution in [2.24, 2.45) is 7.05 Å². The third kappa shape index (κ3) is 3.61. The lowest BCUT2D eigenvalue weighted by Gasteiger charge is -2.31. The second kappa shape index (κ2) is 7.99. The molecule has 8 nitrogen and oxygen atoms in total. The van der Waals surface area contributed by atoms with Crippen molar-refractivity contribution in [2.45, 2.75) is 18.8 Å². The van der Waals surface area contributed by atoms with Crippen LogP contribution in [0.15, 0.2) is 58.7 Å². The van der Waals surface area contributed by atoms with Crippen LogP contribution in [0.1, 0.15) is 35.1 Å². The average molecular weight is 435 g/mol. The van der Waals surface area contributed by atoms with Gasteiger partial charge in [-0.2, -0.15) is 10.2 Å². The molecule has 0 saturated carbocycles. The molecule has 31 heavy (non-hydrogen) atoms. The molecule has 3 aromatic heterocycles. The Morgan fingerprint density at radius 1 is 1.19 bits per heavy atom. The van der Waals surface area contributed by atoms with E-state index in [0.717, 1.165) is 29.1 Å². The highest BCUT2D eigenvalue weighted by atomic mass is 32.1. The maximum atomic E-state index is 13.1. The summed E-state index contributed by atoms with van der Waals surface area (Å²) in [5.41, 5.74) is 1.85. The number of aryl methyl sites for hydroxylation is 1. The van der Waals surface area contributed by atoms with E-state index in [4.69, 9.17) is 0 Å². The highest BCUT2D eigenvalue weighted by Crippen LogP contribution is 2.28. The number of likely N-dealkylation sites (tertiary alicyclic amines) is 1. The number of benzene rings is 1. The van der Waals surface area contributed by atoms with Gasteiger partial charge in [-0.1, -0.05) is 24.3 Å². The highest BCUT2D eigenvalue weighted by molar-refractivity contribution is 7.13. The summed E-state index contributed by atoms with van der Waals surface area (Å²) in [6.07, 6.45) is 1.71. The van der Waals surface area contributed by atoms with Gasteiger partial charge in [0.25, 0.3) is 5.91 Å². The number of piperidine rings is 1. The first kappa shape index (κ1) is 19.5. The van der Waals surface area contributed by atoms with Gasteiger partial charge in [0.1, 0.15) is 5.82 Å². The smallest absolute Gasteiger partial charge is 0.337 e. The quantitative estimate of drug-likeness (QED) is 0.535. The molecule has 1 amide bonds. The number of rotatable bonds is 4. The number of carbonyl (C=O) groups excluding carboxylic acids is 1.